The molecule has 0 aliphatic heterocycles. The summed E-state index contributed by atoms with van der Waals surface area (Å²) in [5.41, 5.74) is 6.18. The van der Waals surface area contributed by atoms with Crippen molar-refractivity contribution in [2.45, 2.75) is 41.1 Å². The highest BCUT2D eigenvalue weighted by molar-refractivity contribution is 7.91. The van der Waals surface area contributed by atoms with Crippen LogP contribution in [0.1, 0.15) is 25.7 Å². The van der Waals surface area contributed by atoms with Gasteiger partial charge in [0.25, 0.3) is 0 Å². The SMILES string of the molecule is CS(=O)(=O)C1CCCC(S(=O)c2ccncc2N)C1. The zero-order chi connectivity index (χ0) is 14.0. The largest absolute Gasteiger partial charge is 0.396 e. The summed E-state index contributed by atoms with van der Waals surface area (Å²) in [5.74, 6) is 0. The molecule has 1 aromatic heterocycles. The van der Waals surface area contributed by atoms with Crippen molar-refractivity contribution in [3.05, 3.63) is 18.5 Å². The second kappa shape index (κ2) is 5.58. The van der Waals surface area contributed by atoms with E-state index in [4.69, 9.17) is 5.73 Å². The number of sulfone groups is 1. The van der Waals surface area contributed by atoms with Gasteiger partial charge in [0.05, 0.1) is 32.8 Å². The Morgan fingerprint density at radius 3 is 2.79 bits per heavy atom. The van der Waals surface area contributed by atoms with Gasteiger partial charge in [0.1, 0.15) is 9.84 Å². The fourth-order valence-electron chi connectivity index (χ4n) is 2.44. The predicted octanol–water partition coefficient (Wildman–Crippen LogP) is 1.13. The maximum absolute atomic E-state index is 12.5. The number of hydrogen-bond acceptors (Lipinski definition) is 5. The lowest BCUT2D eigenvalue weighted by atomic mass is 10.00. The molecule has 2 N–H and O–H groups in total. The van der Waals surface area contributed by atoms with Crippen molar-refractivity contribution in [2.24, 2.45) is 0 Å². The van der Waals surface area contributed by atoms with Crippen LogP contribution in [0.5, 0.6) is 0 Å². The van der Waals surface area contributed by atoms with Crippen LogP contribution in [0.2, 0.25) is 0 Å². The third kappa shape index (κ3) is 3.33. The first-order valence-electron chi connectivity index (χ1n) is 6.18. The molecule has 0 amide bonds. The van der Waals surface area contributed by atoms with Crippen molar-refractivity contribution < 1.29 is 12.6 Å². The average molecular weight is 302 g/mol. The number of hydrogen-bond donors (Lipinski definition) is 1. The first-order valence-corrected chi connectivity index (χ1v) is 9.35. The van der Waals surface area contributed by atoms with Gasteiger partial charge >= 0.3 is 0 Å². The summed E-state index contributed by atoms with van der Waals surface area (Å²) >= 11 is 0. The van der Waals surface area contributed by atoms with Gasteiger partial charge in [-0.05, 0) is 25.3 Å². The monoisotopic (exact) mass is 302 g/mol. The van der Waals surface area contributed by atoms with Crippen molar-refractivity contribution in [2.75, 3.05) is 12.0 Å². The highest BCUT2D eigenvalue weighted by Gasteiger charge is 2.32. The minimum atomic E-state index is -3.06. The first kappa shape index (κ1) is 14.5. The smallest absolute Gasteiger partial charge is 0.150 e. The fourth-order valence-corrected chi connectivity index (χ4v) is 5.37. The van der Waals surface area contributed by atoms with E-state index in [1.807, 2.05) is 0 Å². The Morgan fingerprint density at radius 1 is 1.42 bits per heavy atom. The van der Waals surface area contributed by atoms with Gasteiger partial charge in [0.15, 0.2) is 0 Å². The lowest BCUT2D eigenvalue weighted by Gasteiger charge is -2.27. The normalized spacial score (nSPS) is 25.9. The van der Waals surface area contributed by atoms with Gasteiger partial charge < -0.3 is 5.73 Å². The molecule has 106 valence electrons. The van der Waals surface area contributed by atoms with Gasteiger partial charge in [-0.1, -0.05) is 6.42 Å². The van der Waals surface area contributed by atoms with E-state index in [2.05, 4.69) is 4.98 Å². The molecule has 3 unspecified atom stereocenters. The zero-order valence-electron chi connectivity index (χ0n) is 10.8. The van der Waals surface area contributed by atoms with Crippen LogP contribution in [0, 0.1) is 0 Å². The number of anilines is 1. The van der Waals surface area contributed by atoms with E-state index in [0.29, 0.717) is 23.4 Å². The Morgan fingerprint density at radius 2 is 2.16 bits per heavy atom. The Labute approximate surface area is 116 Å². The number of pyridine rings is 1. The van der Waals surface area contributed by atoms with Crippen LogP contribution in [0.3, 0.4) is 0 Å². The molecule has 2 rings (SSSR count). The number of rotatable bonds is 3. The molecule has 1 heterocycles. The molecule has 0 spiro atoms. The van der Waals surface area contributed by atoms with Gasteiger partial charge in [-0.2, -0.15) is 0 Å². The van der Waals surface area contributed by atoms with E-state index < -0.39 is 20.6 Å². The maximum Gasteiger partial charge on any atom is 0.150 e. The fraction of sp³-hybridized carbons (Fsp3) is 0.583. The van der Waals surface area contributed by atoms with E-state index in [0.717, 1.165) is 12.8 Å². The van der Waals surface area contributed by atoms with Gasteiger partial charge in [0.2, 0.25) is 0 Å². The van der Waals surface area contributed by atoms with Crippen molar-refractivity contribution in [1.82, 2.24) is 4.98 Å². The summed E-state index contributed by atoms with van der Waals surface area (Å²) < 4.78 is 35.8. The standard InChI is InChI=1S/C12H18N2O3S2/c1-19(16,17)10-4-2-3-9(7-10)18(15)12-5-6-14-8-11(12)13/h5-6,8-10H,2-4,7,13H2,1H3. The molecule has 1 aliphatic carbocycles. The Hall–Kier alpha value is -0.950. The van der Waals surface area contributed by atoms with Crippen LogP contribution in [0.4, 0.5) is 5.69 Å². The lowest BCUT2D eigenvalue weighted by Crippen LogP contribution is -2.32. The molecule has 0 radical (unpaired) electrons. The average Bonchev–Trinajstić information content (AvgIpc) is 2.38. The van der Waals surface area contributed by atoms with Crippen molar-refractivity contribution >= 4 is 26.3 Å². The van der Waals surface area contributed by atoms with Crippen LogP contribution in [0.15, 0.2) is 23.4 Å². The van der Waals surface area contributed by atoms with Crippen molar-refractivity contribution in [3.8, 4) is 0 Å². The van der Waals surface area contributed by atoms with Crippen LogP contribution in [-0.2, 0) is 20.6 Å². The van der Waals surface area contributed by atoms with Crippen LogP contribution in [-0.4, -0.2) is 34.4 Å². The number of nitrogen functional groups attached to an aromatic ring is 1. The summed E-state index contributed by atoms with van der Waals surface area (Å²) in [6, 6.07) is 1.65. The van der Waals surface area contributed by atoms with Crippen molar-refractivity contribution in [3.63, 3.8) is 0 Å². The molecule has 0 aromatic carbocycles. The summed E-state index contributed by atoms with van der Waals surface area (Å²) in [6.07, 6.45) is 6.97. The van der Waals surface area contributed by atoms with E-state index in [1.165, 1.54) is 12.5 Å². The molecule has 1 saturated carbocycles. The molecular formula is C12H18N2O3S2. The van der Waals surface area contributed by atoms with Gasteiger partial charge in [-0.25, -0.2) is 8.42 Å². The Bertz CT molecular complexity index is 586. The number of nitrogens with zero attached hydrogens (tertiary/aromatic N) is 1. The van der Waals surface area contributed by atoms with Crippen LogP contribution in [0.25, 0.3) is 0 Å². The summed E-state index contributed by atoms with van der Waals surface area (Å²) in [5, 5.41) is -0.517. The van der Waals surface area contributed by atoms with Gasteiger partial charge in [-0.3, -0.25) is 9.19 Å². The molecule has 1 aromatic rings. The molecule has 0 bridgehead atoms. The topological polar surface area (TPSA) is 90.1 Å². The third-order valence-corrected chi connectivity index (χ3v) is 6.99. The lowest BCUT2D eigenvalue weighted by molar-refractivity contribution is 0.487. The zero-order valence-corrected chi connectivity index (χ0v) is 12.4. The molecule has 19 heavy (non-hydrogen) atoms. The molecular weight excluding hydrogens is 284 g/mol. The molecule has 3 atom stereocenters. The minimum Gasteiger partial charge on any atom is -0.396 e. The quantitative estimate of drug-likeness (QED) is 0.904. The van der Waals surface area contributed by atoms with E-state index in [1.54, 1.807) is 12.3 Å². The first-order chi connectivity index (χ1) is 8.89. The summed E-state index contributed by atoms with van der Waals surface area (Å²) in [7, 11) is -4.33. The number of nitrogens with two attached hydrogens (primary N) is 1. The molecule has 7 heteroatoms. The van der Waals surface area contributed by atoms with Crippen molar-refractivity contribution in [1.29, 1.82) is 0 Å². The maximum atomic E-state index is 12.5. The third-order valence-electron chi connectivity index (χ3n) is 3.51. The predicted molar refractivity (Wildman–Crippen MR) is 75.9 cm³/mol. The molecule has 1 aliphatic rings. The Kier molecular flexibility index (Phi) is 4.25. The second-order valence-electron chi connectivity index (χ2n) is 4.95. The summed E-state index contributed by atoms with van der Waals surface area (Å²) in [4.78, 5) is 4.44. The Balaban J connectivity index is 2.19. The highest BCUT2D eigenvalue weighted by Crippen LogP contribution is 2.30. The summed E-state index contributed by atoms with van der Waals surface area (Å²) in [6.45, 7) is 0. The van der Waals surface area contributed by atoms with Crippen LogP contribution >= 0.6 is 0 Å². The molecule has 5 nitrogen and oxygen atoms in total. The van der Waals surface area contributed by atoms with Gasteiger partial charge in [-0.15, -0.1) is 0 Å². The van der Waals surface area contributed by atoms with E-state index in [-0.39, 0.29) is 10.5 Å². The molecule has 0 saturated heterocycles. The molecule has 1 fully saturated rings. The van der Waals surface area contributed by atoms with Gasteiger partial charge in [0, 0.05) is 17.7 Å². The minimum absolute atomic E-state index is 0.141. The van der Waals surface area contributed by atoms with Crippen LogP contribution < -0.4 is 5.73 Å². The highest BCUT2D eigenvalue weighted by atomic mass is 32.2. The number of aromatic nitrogens is 1. The van der Waals surface area contributed by atoms with E-state index in [9.17, 15) is 12.6 Å². The second-order valence-corrected chi connectivity index (χ2v) is 8.98. The van der Waals surface area contributed by atoms with E-state index >= 15 is 0 Å².